The molecule has 0 aliphatic carbocycles. The van der Waals surface area contributed by atoms with E-state index in [9.17, 15) is 0 Å². The number of fused-ring (bicyclic) bond motifs is 10. The number of para-hydroxylation sites is 1. The molecule has 0 aliphatic rings. The third-order valence-electron chi connectivity index (χ3n) is 8.15. The van der Waals surface area contributed by atoms with Gasteiger partial charge in [0.25, 0.3) is 0 Å². The highest BCUT2D eigenvalue weighted by molar-refractivity contribution is 7.26. The average molecular weight is 531 g/mol. The maximum absolute atomic E-state index is 6.34. The molecule has 9 rings (SSSR count). The summed E-state index contributed by atoms with van der Waals surface area (Å²) in [5, 5.41) is 7.51. The smallest absolute Gasteiger partial charge is 0.227 e. The van der Waals surface area contributed by atoms with Crippen LogP contribution in [0.5, 0.6) is 0 Å². The van der Waals surface area contributed by atoms with Gasteiger partial charge in [0, 0.05) is 42.2 Å². The summed E-state index contributed by atoms with van der Waals surface area (Å²) in [6, 6.07) is 41.1. The molecule has 0 saturated carbocycles. The van der Waals surface area contributed by atoms with E-state index in [0.29, 0.717) is 5.89 Å². The van der Waals surface area contributed by atoms with E-state index in [1.165, 1.54) is 58.3 Å². The first-order valence-corrected chi connectivity index (χ1v) is 14.3. The van der Waals surface area contributed by atoms with Gasteiger partial charge in [-0.25, -0.2) is 4.98 Å². The van der Waals surface area contributed by atoms with E-state index in [4.69, 9.17) is 9.40 Å². The Morgan fingerprint density at radius 1 is 0.650 bits per heavy atom. The van der Waals surface area contributed by atoms with Gasteiger partial charge in [-0.05, 0) is 71.8 Å². The summed E-state index contributed by atoms with van der Waals surface area (Å²) in [7, 11) is 0. The molecule has 6 aromatic carbocycles. The Hall–Kier alpha value is -4.93. The van der Waals surface area contributed by atoms with Crippen molar-refractivity contribution in [3.8, 4) is 17.1 Å². The van der Waals surface area contributed by atoms with Gasteiger partial charge in [0.15, 0.2) is 5.58 Å². The zero-order valence-electron chi connectivity index (χ0n) is 21.7. The van der Waals surface area contributed by atoms with Crippen molar-refractivity contribution >= 4 is 75.2 Å². The lowest BCUT2D eigenvalue weighted by atomic mass is 10.0. The van der Waals surface area contributed by atoms with Gasteiger partial charge in [-0.2, -0.15) is 0 Å². The first-order chi connectivity index (χ1) is 19.7. The van der Waals surface area contributed by atoms with Gasteiger partial charge in [-0.1, -0.05) is 66.7 Å². The van der Waals surface area contributed by atoms with Crippen LogP contribution in [0.15, 0.2) is 120 Å². The predicted octanol–water partition coefficient (Wildman–Crippen LogP) is 10.4. The Kier molecular flexibility index (Phi) is 4.41. The molecule has 3 heterocycles. The molecule has 9 aromatic rings. The van der Waals surface area contributed by atoms with Crippen LogP contribution in [0.3, 0.4) is 0 Å². The fourth-order valence-electron chi connectivity index (χ4n) is 6.36. The molecular weight excluding hydrogens is 508 g/mol. The molecular formula is C36H22N2OS. The lowest BCUT2D eigenvalue weighted by Gasteiger charge is -2.12. The van der Waals surface area contributed by atoms with Crippen molar-refractivity contribution in [3.63, 3.8) is 0 Å². The highest BCUT2D eigenvalue weighted by Gasteiger charge is 2.18. The molecule has 3 aromatic heterocycles. The fourth-order valence-corrected chi connectivity index (χ4v) is 7.47. The van der Waals surface area contributed by atoms with Gasteiger partial charge in [0.1, 0.15) is 5.52 Å². The Labute approximate surface area is 233 Å². The Morgan fingerprint density at radius 3 is 2.35 bits per heavy atom. The first kappa shape index (κ1) is 21.9. The van der Waals surface area contributed by atoms with Crippen molar-refractivity contribution in [3.05, 3.63) is 121 Å². The number of aryl methyl sites for hydroxylation is 1. The monoisotopic (exact) mass is 530 g/mol. The van der Waals surface area contributed by atoms with Gasteiger partial charge >= 0.3 is 0 Å². The normalized spacial score (nSPS) is 12.1. The molecule has 0 N–H and O–H groups in total. The average Bonchev–Trinajstić information content (AvgIpc) is 3.68. The van der Waals surface area contributed by atoms with Crippen molar-refractivity contribution in [2.45, 2.75) is 6.92 Å². The summed E-state index contributed by atoms with van der Waals surface area (Å²) in [6.45, 7) is 2.17. The van der Waals surface area contributed by atoms with E-state index >= 15 is 0 Å². The third kappa shape index (κ3) is 2.97. The van der Waals surface area contributed by atoms with Crippen LogP contribution >= 0.6 is 11.3 Å². The third-order valence-corrected chi connectivity index (χ3v) is 9.28. The molecule has 0 spiro atoms. The SMILES string of the molecule is Cc1cc(-c2nc3c(ccc4sc5ccccc5c43)o2)ccc1-n1c2ccccc2c2c3ccccc3ccc21. The lowest BCUT2D eigenvalue weighted by Crippen LogP contribution is -1.97. The minimum Gasteiger partial charge on any atom is -0.436 e. The maximum atomic E-state index is 6.34. The van der Waals surface area contributed by atoms with Gasteiger partial charge in [-0.3, -0.25) is 0 Å². The Morgan fingerprint density at radius 2 is 1.45 bits per heavy atom. The largest absolute Gasteiger partial charge is 0.436 e. The summed E-state index contributed by atoms with van der Waals surface area (Å²) < 4.78 is 11.2. The molecule has 0 aliphatic heterocycles. The van der Waals surface area contributed by atoms with Crippen LogP contribution in [0.25, 0.3) is 81.0 Å². The number of oxazole rings is 1. The van der Waals surface area contributed by atoms with Gasteiger partial charge in [0.05, 0.1) is 11.0 Å². The summed E-state index contributed by atoms with van der Waals surface area (Å²) in [6.07, 6.45) is 0. The summed E-state index contributed by atoms with van der Waals surface area (Å²) in [4.78, 5) is 5.03. The second-order valence-electron chi connectivity index (χ2n) is 10.4. The minimum atomic E-state index is 0.653. The number of thiophene rings is 1. The van der Waals surface area contributed by atoms with E-state index < -0.39 is 0 Å². The van der Waals surface area contributed by atoms with Crippen molar-refractivity contribution in [1.29, 1.82) is 0 Å². The number of nitrogens with zero attached hydrogens (tertiary/aromatic N) is 2. The van der Waals surface area contributed by atoms with Crippen molar-refractivity contribution in [2.24, 2.45) is 0 Å². The zero-order chi connectivity index (χ0) is 26.4. The van der Waals surface area contributed by atoms with Crippen LogP contribution in [0.4, 0.5) is 0 Å². The van der Waals surface area contributed by atoms with Crippen molar-refractivity contribution in [2.75, 3.05) is 0 Å². The molecule has 0 atom stereocenters. The van der Waals surface area contributed by atoms with E-state index in [2.05, 4.69) is 121 Å². The van der Waals surface area contributed by atoms with Crippen LogP contribution in [-0.4, -0.2) is 9.55 Å². The highest BCUT2D eigenvalue weighted by Crippen LogP contribution is 2.41. The van der Waals surface area contributed by atoms with E-state index in [-0.39, 0.29) is 0 Å². The molecule has 3 nitrogen and oxygen atoms in total. The quantitative estimate of drug-likeness (QED) is 0.223. The highest BCUT2D eigenvalue weighted by atomic mass is 32.1. The Balaban J connectivity index is 1.25. The second kappa shape index (κ2) is 8.04. The topological polar surface area (TPSA) is 31.0 Å². The van der Waals surface area contributed by atoms with Crippen LogP contribution in [0.2, 0.25) is 0 Å². The van der Waals surface area contributed by atoms with Crippen LogP contribution in [-0.2, 0) is 0 Å². The summed E-state index contributed by atoms with van der Waals surface area (Å²) in [5.74, 6) is 0.653. The zero-order valence-corrected chi connectivity index (χ0v) is 22.5. The molecule has 0 fully saturated rings. The number of benzene rings is 6. The van der Waals surface area contributed by atoms with Gasteiger partial charge < -0.3 is 8.98 Å². The van der Waals surface area contributed by atoms with Crippen LogP contribution in [0.1, 0.15) is 5.56 Å². The lowest BCUT2D eigenvalue weighted by molar-refractivity contribution is 0.620. The van der Waals surface area contributed by atoms with Crippen molar-refractivity contribution < 1.29 is 4.42 Å². The van der Waals surface area contributed by atoms with Crippen molar-refractivity contribution in [1.82, 2.24) is 9.55 Å². The standard InChI is InChI=1S/C36H22N2OS/c1-21-20-23(36-37-35-30(39-36)18-19-32-34(35)26-11-5-7-13-31(26)40-32)15-16-27(21)38-28-12-6-4-10-25(28)33-24-9-3-2-8-22(24)14-17-29(33)38/h2-20H,1H3. The predicted molar refractivity (Wildman–Crippen MR) is 169 cm³/mol. The Bertz CT molecular complexity index is 2460. The fraction of sp³-hybridized carbons (Fsp3) is 0.0278. The molecule has 4 heteroatoms. The maximum Gasteiger partial charge on any atom is 0.227 e. The second-order valence-corrected chi connectivity index (χ2v) is 11.5. The molecule has 0 amide bonds. The molecule has 40 heavy (non-hydrogen) atoms. The summed E-state index contributed by atoms with van der Waals surface area (Å²) >= 11 is 1.80. The van der Waals surface area contributed by atoms with Gasteiger partial charge in [-0.15, -0.1) is 11.3 Å². The van der Waals surface area contributed by atoms with Gasteiger partial charge in [0.2, 0.25) is 5.89 Å². The molecule has 0 unspecified atom stereocenters. The van der Waals surface area contributed by atoms with Crippen LogP contribution < -0.4 is 0 Å². The van der Waals surface area contributed by atoms with Crippen LogP contribution in [0, 0.1) is 6.92 Å². The molecule has 0 bridgehead atoms. The minimum absolute atomic E-state index is 0.653. The first-order valence-electron chi connectivity index (χ1n) is 13.5. The summed E-state index contributed by atoms with van der Waals surface area (Å²) in [5.41, 5.74) is 7.48. The van der Waals surface area contributed by atoms with E-state index in [1.54, 1.807) is 11.3 Å². The number of hydrogen-bond donors (Lipinski definition) is 0. The van der Waals surface area contributed by atoms with E-state index in [1.807, 2.05) is 6.07 Å². The number of aromatic nitrogens is 2. The molecule has 188 valence electrons. The molecule has 0 saturated heterocycles. The number of hydrogen-bond acceptors (Lipinski definition) is 3. The number of rotatable bonds is 2. The molecule has 0 radical (unpaired) electrons. The van der Waals surface area contributed by atoms with E-state index in [0.717, 1.165) is 22.4 Å².